The van der Waals surface area contributed by atoms with Crippen molar-refractivity contribution in [3.8, 4) is 33.4 Å². The monoisotopic (exact) mass is 783 g/mol. The Bertz CT molecular complexity index is 3410. The van der Waals surface area contributed by atoms with Crippen LogP contribution in [0.5, 0.6) is 0 Å². The predicted octanol–water partition coefficient (Wildman–Crippen LogP) is 16.7. The van der Waals surface area contributed by atoms with Crippen LogP contribution in [0.4, 0.5) is 11.4 Å². The summed E-state index contributed by atoms with van der Waals surface area (Å²) in [7, 11) is 0. The van der Waals surface area contributed by atoms with Crippen LogP contribution in [0.2, 0.25) is 0 Å². The van der Waals surface area contributed by atoms with E-state index in [1.165, 1.54) is 66.1 Å². The lowest BCUT2D eigenvalue weighted by molar-refractivity contribution is 0.639. The van der Waals surface area contributed by atoms with Gasteiger partial charge in [-0.15, -0.1) is 0 Å². The fourth-order valence-corrected chi connectivity index (χ4v) is 9.77. The van der Waals surface area contributed by atoms with Gasteiger partial charge in [-0.25, -0.2) is 0 Å². The number of furan rings is 1. The summed E-state index contributed by atoms with van der Waals surface area (Å²) in [6.07, 6.45) is 2.30. The molecule has 292 valence electrons. The molecule has 0 bridgehead atoms. The first-order valence-corrected chi connectivity index (χ1v) is 21.3. The highest BCUT2D eigenvalue weighted by atomic mass is 16.3. The molecular formula is C59H45NO. The van der Waals surface area contributed by atoms with Gasteiger partial charge in [0.25, 0.3) is 0 Å². The maximum atomic E-state index is 6.46. The molecular weight excluding hydrogens is 739 g/mol. The standard InChI is InChI=1S/C59H45NO/c1-5-54(58-38(2)59(3,4)53-26-12-10-24-50(53)58)60(46-31-28-39(29-32-46)41-20-14-21-44(34-41)48-25-15-19-40-16-8-9-22-47(40)48)55-27-13-11-23-49(55)45-30-33-56-51(36-45)52-35-42-17-6-7-18-43(42)37-57(52)61-56/h5-37H,1-4H3/b54-5+. The minimum atomic E-state index is -0.109. The molecule has 2 nitrogen and oxygen atoms in total. The zero-order chi connectivity index (χ0) is 41.2. The largest absolute Gasteiger partial charge is 0.456 e. The molecule has 0 fully saturated rings. The molecule has 0 saturated heterocycles. The molecule has 1 aliphatic carbocycles. The van der Waals surface area contributed by atoms with E-state index in [1.54, 1.807) is 0 Å². The van der Waals surface area contributed by atoms with E-state index in [4.69, 9.17) is 4.42 Å². The highest BCUT2D eigenvalue weighted by Gasteiger charge is 2.38. The molecule has 0 radical (unpaired) electrons. The summed E-state index contributed by atoms with van der Waals surface area (Å²) in [6.45, 7) is 9.21. The highest BCUT2D eigenvalue weighted by Crippen LogP contribution is 2.52. The summed E-state index contributed by atoms with van der Waals surface area (Å²) < 4.78 is 6.46. The molecule has 11 rings (SSSR count). The minimum Gasteiger partial charge on any atom is -0.456 e. The van der Waals surface area contributed by atoms with Gasteiger partial charge in [-0.05, 0) is 123 Å². The molecule has 2 heteroatoms. The first-order chi connectivity index (χ1) is 29.9. The molecule has 0 saturated carbocycles. The van der Waals surface area contributed by atoms with Gasteiger partial charge in [0.2, 0.25) is 0 Å². The van der Waals surface area contributed by atoms with Crippen molar-refractivity contribution in [2.45, 2.75) is 33.1 Å². The molecule has 0 unspecified atom stereocenters. The van der Waals surface area contributed by atoms with Crippen molar-refractivity contribution in [3.05, 3.63) is 223 Å². The normalized spacial score (nSPS) is 13.7. The fraction of sp³-hybridized carbons (Fsp3) is 0.0847. The van der Waals surface area contributed by atoms with E-state index in [9.17, 15) is 0 Å². The summed E-state index contributed by atoms with van der Waals surface area (Å²) in [6, 6.07) is 70.7. The third-order valence-electron chi connectivity index (χ3n) is 13.2. The maximum absolute atomic E-state index is 6.46. The molecule has 0 aliphatic heterocycles. The van der Waals surface area contributed by atoms with Crippen molar-refractivity contribution >= 4 is 60.4 Å². The van der Waals surface area contributed by atoms with Crippen LogP contribution in [0, 0.1) is 0 Å². The van der Waals surface area contributed by atoms with Crippen LogP contribution in [-0.4, -0.2) is 0 Å². The van der Waals surface area contributed by atoms with Gasteiger partial charge >= 0.3 is 0 Å². The summed E-state index contributed by atoms with van der Waals surface area (Å²) in [4.78, 5) is 2.48. The third kappa shape index (κ3) is 6.01. The first kappa shape index (κ1) is 36.6. The van der Waals surface area contributed by atoms with E-state index in [-0.39, 0.29) is 5.41 Å². The van der Waals surface area contributed by atoms with Crippen molar-refractivity contribution in [2.24, 2.45) is 0 Å². The van der Waals surface area contributed by atoms with E-state index < -0.39 is 0 Å². The van der Waals surface area contributed by atoms with Crippen LogP contribution < -0.4 is 4.90 Å². The zero-order valence-corrected chi connectivity index (χ0v) is 34.9. The van der Waals surface area contributed by atoms with Crippen LogP contribution in [-0.2, 0) is 5.41 Å². The number of fused-ring (bicyclic) bond motifs is 6. The Morgan fingerprint density at radius 2 is 1.08 bits per heavy atom. The number of rotatable bonds is 7. The molecule has 61 heavy (non-hydrogen) atoms. The second-order valence-corrected chi connectivity index (χ2v) is 16.9. The SMILES string of the molecule is C/C=C(\C1=C(C)C(C)(C)c2ccccc21)N(c1ccc(-c2cccc(-c3cccc4ccccc34)c2)cc1)c1ccccc1-c1ccc2oc3cc4ccccc4cc3c2c1. The molecule has 0 spiro atoms. The second kappa shape index (κ2) is 14.4. The Morgan fingerprint density at radius 1 is 0.475 bits per heavy atom. The van der Waals surface area contributed by atoms with Gasteiger partial charge in [-0.2, -0.15) is 0 Å². The Kier molecular flexibility index (Phi) is 8.65. The van der Waals surface area contributed by atoms with Crippen molar-refractivity contribution < 1.29 is 4.42 Å². The summed E-state index contributed by atoms with van der Waals surface area (Å²) in [5, 5.41) is 7.15. The average Bonchev–Trinajstić information content (AvgIpc) is 3.76. The summed E-state index contributed by atoms with van der Waals surface area (Å²) in [5.74, 6) is 0. The number of anilines is 2. The van der Waals surface area contributed by atoms with E-state index in [0.717, 1.165) is 50.1 Å². The topological polar surface area (TPSA) is 16.4 Å². The Labute approximate surface area is 357 Å². The number of hydrogen-bond acceptors (Lipinski definition) is 2. The molecule has 0 amide bonds. The molecule has 1 heterocycles. The molecule has 9 aromatic carbocycles. The van der Waals surface area contributed by atoms with Crippen molar-refractivity contribution in [2.75, 3.05) is 4.90 Å². The van der Waals surface area contributed by atoms with E-state index in [0.29, 0.717) is 0 Å². The quantitative estimate of drug-likeness (QED) is 0.160. The number of benzene rings is 9. The Morgan fingerprint density at radius 3 is 1.90 bits per heavy atom. The van der Waals surface area contributed by atoms with Crippen LogP contribution in [0.25, 0.3) is 82.4 Å². The predicted molar refractivity (Wildman–Crippen MR) is 259 cm³/mol. The average molecular weight is 784 g/mol. The fourth-order valence-electron chi connectivity index (χ4n) is 9.77. The molecule has 0 N–H and O–H groups in total. The second-order valence-electron chi connectivity index (χ2n) is 16.9. The van der Waals surface area contributed by atoms with Crippen LogP contribution >= 0.6 is 0 Å². The van der Waals surface area contributed by atoms with Crippen molar-refractivity contribution in [1.29, 1.82) is 0 Å². The van der Waals surface area contributed by atoms with Gasteiger partial charge in [0.15, 0.2) is 0 Å². The van der Waals surface area contributed by atoms with Gasteiger partial charge in [0, 0.05) is 38.7 Å². The van der Waals surface area contributed by atoms with Crippen LogP contribution in [0.3, 0.4) is 0 Å². The number of nitrogens with zero attached hydrogens (tertiary/aromatic N) is 1. The van der Waals surface area contributed by atoms with Gasteiger partial charge in [0.05, 0.1) is 5.69 Å². The Hall–Kier alpha value is -7.42. The minimum absolute atomic E-state index is 0.109. The van der Waals surface area contributed by atoms with Gasteiger partial charge in [-0.1, -0.05) is 171 Å². The first-order valence-electron chi connectivity index (χ1n) is 21.3. The Balaban J connectivity index is 1.07. The lowest BCUT2D eigenvalue weighted by Gasteiger charge is -2.32. The van der Waals surface area contributed by atoms with Gasteiger partial charge in [0.1, 0.15) is 11.2 Å². The number of hydrogen-bond donors (Lipinski definition) is 0. The molecule has 0 atom stereocenters. The zero-order valence-electron chi connectivity index (χ0n) is 34.9. The summed E-state index contributed by atoms with van der Waals surface area (Å²) >= 11 is 0. The van der Waals surface area contributed by atoms with Gasteiger partial charge in [-0.3, -0.25) is 0 Å². The van der Waals surface area contributed by atoms with Gasteiger partial charge < -0.3 is 9.32 Å². The number of allylic oxidation sites excluding steroid dienone is 3. The van der Waals surface area contributed by atoms with E-state index in [2.05, 4.69) is 233 Å². The third-order valence-corrected chi connectivity index (χ3v) is 13.2. The van der Waals surface area contributed by atoms with Crippen molar-refractivity contribution in [3.63, 3.8) is 0 Å². The molecule has 1 aromatic heterocycles. The lowest BCUT2D eigenvalue weighted by atomic mass is 9.82. The highest BCUT2D eigenvalue weighted by molar-refractivity contribution is 6.11. The van der Waals surface area contributed by atoms with E-state index in [1.807, 2.05) is 0 Å². The van der Waals surface area contributed by atoms with Crippen LogP contribution in [0.1, 0.15) is 38.8 Å². The lowest BCUT2D eigenvalue weighted by Crippen LogP contribution is -2.19. The van der Waals surface area contributed by atoms with E-state index >= 15 is 0 Å². The smallest absolute Gasteiger partial charge is 0.136 e. The van der Waals surface area contributed by atoms with Crippen LogP contribution in [0.15, 0.2) is 216 Å². The number of para-hydroxylation sites is 1. The molecule has 10 aromatic rings. The summed E-state index contributed by atoms with van der Waals surface area (Å²) in [5.41, 5.74) is 17.5. The maximum Gasteiger partial charge on any atom is 0.136 e. The molecule has 1 aliphatic rings. The van der Waals surface area contributed by atoms with Crippen molar-refractivity contribution in [1.82, 2.24) is 0 Å².